The van der Waals surface area contributed by atoms with Crippen LogP contribution in [0.2, 0.25) is 0 Å². The molecule has 1 unspecified atom stereocenters. The first-order valence-electron chi connectivity index (χ1n) is 13.1. The van der Waals surface area contributed by atoms with Gasteiger partial charge in [0, 0.05) is 31.5 Å². The number of hydrogen-bond donors (Lipinski definition) is 0. The summed E-state index contributed by atoms with van der Waals surface area (Å²) >= 11 is 0. The van der Waals surface area contributed by atoms with E-state index in [4.69, 9.17) is 9.72 Å². The highest BCUT2D eigenvalue weighted by atomic mass is 16.5. The minimum Gasteiger partial charge on any atom is -0.493 e. The monoisotopic (exact) mass is 459 g/mol. The number of nitrogens with zero attached hydrogens (tertiary/aromatic N) is 3. The van der Waals surface area contributed by atoms with E-state index in [-0.39, 0.29) is 5.92 Å². The Hall–Kier alpha value is -2.82. The molecule has 5 heteroatoms. The molecule has 180 valence electrons. The van der Waals surface area contributed by atoms with Crippen LogP contribution in [0.1, 0.15) is 74.2 Å². The Morgan fingerprint density at radius 2 is 1.82 bits per heavy atom. The lowest BCUT2D eigenvalue weighted by Gasteiger charge is -2.31. The van der Waals surface area contributed by atoms with Crippen molar-refractivity contribution in [2.45, 2.75) is 83.7 Å². The number of unbranched alkanes of at least 4 members (excludes halogenated alkanes) is 1. The van der Waals surface area contributed by atoms with Crippen LogP contribution in [0.25, 0.3) is 11.0 Å². The van der Waals surface area contributed by atoms with Gasteiger partial charge in [0.1, 0.15) is 11.6 Å². The van der Waals surface area contributed by atoms with E-state index in [2.05, 4.69) is 65.8 Å². The van der Waals surface area contributed by atoms with E-state index in [1.807, 2.05) is 0 Å². The smallest absolute Gasteiger partial charge is 0.223 e. The first kappa shape index (κ1) is 22.9. The summed E-state index contributed by atoms with van der Waals surface area (Å²) in [7, 11) is 0. The van der Waals surface area contributed by atoms with Crippen LogP contribution >= 0.6 is 0 Å². The summed E-state index contributed by atoms with van der Waals surface area (Å²) in [5, 5.41) is 0. The topological polar surface area (TPSA) is 47.4 Å². The van der Waals surface area contributed by atoms with Crippen LogP contribution in [0.15, 0.2) is 42.5 Å². The lowest BCUT2D eigenvalue weighted by atomic mass is 9.94. The molecule has 0 spiro atoms. The maximum absolute atomic E-state index is 12.9. The number of imidazole rings is 1. The van der Waals surface area contributed by atoms with Gasteiger partial charge >= 0.3 is 0 Å². The van der Waals surface area contributed by atoms with Gasteiger partial charge in [-0.3, -0.25) is 4.79 Å². The van der Waals surface area contributed by atoms with Gasteiger partial charge < -0.3 is 14.2 Å². The molecule has 34 heavy (non-hydrogen) atoms. The number of benzene rings is 2. The minimum absolute atomic E-state index is 0.188. The van der Waals surface area contributed by atoms with Gasteiger partial charge in [-0.15, -0.1) is 0 Å². The summed E-state index contributed by atoms with van der Waals surface area (Å²) in [6, 6.07) is 15.1. The molecule has 2 aliphatic rings. The standard InChI is InChI=1S/C29H37N3O2/c1-21-11-10-16-27(22(21)2)34-18-9-8-17-31-26-15-7-6-14-25(26)30-29(31)23-19-28(33)32(20-23)24-12-4-3-5-13-24/h6-7,10-11,14-16,23-24H,3-5,8-9,12-13,17-20H2,1-2H3. The minimum atomic E-state index is 0.188. The highest BCUT2D eigenvalue weighted by Gasteiger charge is 2.37. The summed E-state index contributed by atoms with van der Waals surface area (Å²) in [5.41, 5.74) is 4.70. The van der Waals surface area contributed by atoms with Crippen molar-refractivity contribution in [2.24, 2.45) is 0 Å². The zero-order valence-electron chi connectivity index (χ0n) is 20.6. The number of fused-ring (bicyclic) bond motifs is 1. The number of hydrogen-bond acceptors (Lipinski definition) is 3. The normalized spacial score (nSPS) is 19.3. The predicted molar refractivity (Wildman–Crippen MR) is 136 cm³/mol. The quantitative estimate of drug-likeness (QED) is 0.379. The number of likely N-dealkylation sites (tertiary alicyclic amines) is 1. The molecule has 5 rings (SSSR count). The van der Waals surface area contributed by atoms with Crippen LogP contribution in [0.5, 0.6) is 5.75 Å². The first-order chi connectivity index (χ1) is 16.6. The third-order valence-electron chi connectivity index (χ3n) is 7.81. The molecule has 0 bridgehead atoms. The fourth-order valence-corrected chi connectivity index (χ4v) is 5.73. The van der Waals surface area contributed by atoms with E-state index in [9.17, 15) is 4.79 Å². The summed E-state index contributed by atoms with van der Waals surface area (Å²) < 4.78 is 8.44. The predicted octanol–water partition coefficient (Wildman–Crippen LogP) is 6.16. The largest absolute Gasteiger partial charge is 0.493 e. The molecule has 0 radical (unpaired) electrons. The number of ether oxygens (including phenoxy) is 1. The SMILES string of the molecule is Cc1cccc(OCCCCn2c(C3CC(=O)N(C4CCCCC4)C3)nc3ccccc32)c1C. The van der Waals surface area contributed by atoms with Gasteiger partial charge in [-0.2, -0.15) is 0 Å². The third kappa shape index (κ3) is 4.70. The van der Waals surface area contributed by atoms with E-state index >= 15 is 0 Å². The lowest BCUT2D eigenvalue weighted by molar-refractivity contribution is -0.130. The van der Waals surface area contributed by atoms with Crippen LogP contribution in [0, 0.1) is 13.8 Å². The number of aromatic nitrogens is 2. The summed E-state index contributed by atoms with van der Waals surface area (Å²) in [6.07, 6.45) is 8.73. The lowest BCUT2D eigenvalue weighted by Crippen LogP contribution is -2.37. The van der Waals surface area contributed by atoms with Gasteiger partial charge in [-0.05, 0) is 68.9 Å². The van der Waals surface area contributed by atoms with E-state index in [0.717, 1.165) is 55.9 Å². The van der Waals surface area contributed by atoms with Crippen LogP contribution in [0.4, 0.5) is 0 Å². The van der Waals surface area contributed by atoms with Crippen LogP contribution in [0.3, 0.4) is 0 Å². The maximum Gasteiger partial charge on any atom is 0.223 e. The van der Waals surface area contributed by atoms with Crippen molar-refractivity contribution in [2.75, 3.05) is 13.2 Å². The summed E-state index contributed by atoms with van der Waals surface area (Å²) in [4.78, 5) is 20.1. The van der Waals surface area contributed by atoms with Gasteiger partial charge in [0.2, 0.25) is 5.91 Å². The van der Waals surface area contributed by atoms with Crippen molar-refractivity contribution < 1.29 is 9.53 Å². The molecule has 2 aromatic carbocycles. The van der Waals surface area contributed by atoms with Crippen LogP contribution in [-0.2, 0) is 11.3 Å². The van der Waals surface area contributed by atoms with Crippen molar-refractivity contribution in [1.29, 1.82) is 0 Å². The Balaban J connectivity index is 1.26. The molecule has 1 aliphatic heterocycles. The van der Waals surface area contributed by atoms with Gasteiger partial charge in [-0.25, -0.2) is 4.98 Å². The molecule has 1 aromatic heterocycles. The molecule has 1 amide bonds. The molecule has 1 atom stereocenters. The number of rotatable bonds is 8. The molecule has 1 saturated carbocycles. The third-order valence-corrected chi connectivity index (χ3v) is 7.81. The molecular weight excluding hydrogens is 422 g/mol. The van der Waals surface area contributed by atoms with E-state index < -0.39 is 0 Å². The number of amides is 1. The average Bonchev–Trinajstić information content (AvgIpc) is 3.42. The van der Waals surface area contributed by atoms with Gasteiger partial charge in [-0.1, -0.05) is 43.5 Å². The molecule has 3 aromatic rings. The zero-order valence-corrected chi connectivity index (χ0v) is 20.6. The Kier molecular flexibility index (Phi) is 6.89. The maximum atomic E-state index is 12.9. The van der Waals surface area contributed by atoms with Crippen molar-refractivity contribution in [1.82, 2.24) is 14.5 Å². The van der Waals surface area contributed by atoms with Gasteiger partial charge in [0.05, 0.1) is 17.6 Å². The first-order valence-corrected chi connectivity index (χ1v) is 13.1. The second-order valence-electron chi connectivity index (χ2n) is 10.1. The highest BCUT2D eigenvalue weighted by molar-refractivity contribution is 5.81. The van der Waals surface area contributed by atoms with Gasteiger partial charge in [0.15, 0.2) is 0 Å². The summed E-state index contributed by atoms with van der Waals surface area (Å²) in [6.45, 7) is 6.68. The fourth-order valence-electron chi connectivity index (χ4n) is 5.73. The second kappa shape index (κ2) is 10.2. The Bertz CT molecular complexity index is 1150. The Morgan fingerprint density at radius 1 is 1.00 bits per heavy atom. The van der Waals surface area contributed by atoms with E-state index in [1.54, 1.807) is 0 Å². The van der Waals surface area contributed by atoms with Gasteiger partial charge in [0.25, 0.3) is 0 Å². The molecule has 2 fully saturated rings. The number of para-hydroxylation sites is 2. The van der Waals surface area contributed by atoms with Crippen molar-refractivity contribution in [3.8, 4) is 5.75 Å². The van der Waals surface area contributed by atoms with E-state index in [1.165, 1.54) is 35.9 Å². The fraction of sp³-hybridized carbons (Fsp3) is 0.517. The molecular formula is C29H37N3O2. The Labute approximate surface area is 203 Å². The summed E-state index contributed by atoms with van der Waals surface area (Å²) in [5.74, 6) is 2.58. The molecule has 5 nitrogen and oxygen atoms in total. The van der Waals surface area contributed by atoms with Crippen molar-refractivity contribution in [3.05, 3.63) is 59.4 Å². The van der Waals surface area contributed by atoms with Crippen molar-refractivity contribution >= 4 is 16.9 Å². The van der Waals surface area contributed by atoms with Crippen LogP contribution < -0.4 is 4.74 Å². The van der Waals surface area contributed by atoms with E-state index in [0.29, 0.717) is 25.0 Å². The molecule has 2 heterocycles. The highest BCUT2D eigenvalue weighted by Crippen LogP contribution is 2.34. The van der Waals surface area contributed by atoms with Crippen molar-refractivity contribution in [3.63, 3.8) is 0 Å². The zero-order chi connectivity index (χ0) is 23.5. The number of aryl methyl sites for hydroxylation is 2. The average molecular weight is 460 g/mol. The molecule has 0 N–H and O–H groups in total. The Morgan fingerprint density at radius 3 is 2.68 bits per heavy atom. The second-order valence-corrected chi connectivity index (χ2v) is 10.1. The molecule has 1 saturated heterocycles. The van der Waals surface area contributed by atoms with Crippen LogP contribution in [-0.4, -0.2) is 39.6 Å². The molecule has 1 aliphatic carbocycles. The number of carbonyl (C=O) groups is 1. The number of carbonyl (C=O) groups excluding carboxylic acids is 1.